The fraction of sp³-hybridized carbons (Fsp3) is 0.333. The van der Waals surface area contributed by atoms with Gasteiger partial charge in [0, 0.05) is 12.1 Å². The maximum absolute atomic E-state index is 13.4. The first-order chi connectivity index (χ1) is 8.60. The Bertz CT molecular complexity index is 498. The maximum atomic E-state index is 13.4. The van der Waals surface area contributed by atoms with E-state index in [1.807, 2.05) is 0 Å². The monoisotopic (exact) mass is 251 g/mol. The van der Waals surface area contributed by atoms with Gasteiger partial charge in [0.05, 0.1) is 5.56 Å². The summed E-state index contributed by atoms with van der Waals surface area (Å²) in [7, 11) is 0. The fourth-order valence-electron chi connectivity index (χ4n) is 1.65. The molecule has 96 valence electrons. The van der Waals surface area contributed by atoms with Crippen LogP contribution >= 0.6 is 0 Å². The molecule has 5 nitrogen and oxygen atoms in total. The Kier molecular flexibility index (Phi) is 3.45. The number of hydrogen-bond donors (Lipinski definition) is 3. The van der Waals surface area contributed by atoms with Gasteiger partial charge in [-0.1, -0.05) is 5.16 Å². The number of amides is 1. The van der Waals surface area contributed by atoms with Crippen LogP contribution in [0.15, 0.2) is 23.4 Å². The number of carbonyl (C=O) groups excluding carboxylic acids is 1. The number of benzene rings is 1. The summed E-state index contributed by atoms with van der Waals surface area (Å²) in [5, 5.41) is 13.9. The number of carbonyl (C=O) groups is 1. The SMILES string of the molecule is NC(=NO)c1cc(NC(=O)CC2CC2)ccc1F. The molecule has 4 N–H and O–H groups in total. The lowest BCUT2D eigenvalue weighted by molar-refractivity contribution is -0.116. The van der Waals surface area contributed by atoms with Gasteiger partial charge in [0.2, 0.25) is 5.91 Å². The standard InChI is InChI=1S/C12H14FN3O2/c13-10-4-3-8(6-9(10)12(14)16-18)15-11(17)5-7-1-2-7/h3-4,6-7,18H,1-2,5H2,(H2,14,16)(H,15,17). The van der Waals surface area contributed by atoms with Crippen molar-refractivity contribution in [1.29, 1.82) is 0 Å². The Morgan fingerprint density at radius 1 is 1.56 bits per heavy atom. The lowest BCUT2D eigenvalue weighted by Crippen LogP contribution is -2.17. The van der Waals surface area contributed by atoms with Crippen LogP contribution in [0.1, 0.15) is 24.8 Å². The Hall–Kier alpha value is -2.11. The van der Waals surface area contributed by atoms with E-state index in [0.29, 0.717) is 18.0 Å². The summed E-state index contributed by atoms with van der Waals surface area (Å²) in [5.74, 6) is -0.556. The van der Waals surface area contributed by atoms with E-state index in [2.05, 4.69) is 10.5 Å². The minimum absolute atomic E-state index is 0.0401. The molecule has 0 unspecified atom stereocenters. The molecule has 1 aromatic carbocycles. The molecule has 0 aliphatic heterocycles. The number of nitrogens with two attached hydrogens (primary N) is 1. The van der Waals surface area contributed by atoms with Crippen molar-refractivity contribution in [2.24, 2.45) is 16.8 Å². The molecule has 0 heterocycles. The number of nitrogens with one attached hydrogen (secondary N) is 1. The van der Waals surface area contributed by atoms with Crippen molar-refractivity contribution in [3.05, 3.63) is 29.6 Å². The van der Waals surface area contributed by atoms with Crippen LogP contribution in [0.5, 0.6) is 0 Å². The quantitative estimate of drug-likeness (QED) is 0.329. The third-order valence-electron chi connectivity index (χ3n) is 2.80. The lowest BCUT2D eigenvalue weighted by Gasteiger charge is -2.07. The van der Waals surface area contributed by atoms with E-state index in [1.54, 1.807) is 0 Å². The molecule has 2 rings (SSSR count). The molecule has 1 aliphatic rings. The molecule has 0 saturated heterocycles. The van der Waals surface area contributed by atoms with E-state index in [-0.39, 0.29) is 17.3 Å². The van der Waals surface area contributed by atoms with Crippen LogP contribution in [0.3, 0.4) is 0 Å². The first-order valence-electron chi connectivity index (χ1n) is 5.67. The fourth-order valence-corrected chi connectivity index (χ4v) is 1.65. The van der Waals surface area contributed by atoms with E-state index < -0.39 is 5.82 Å². The van der Waals surface area contributed by atoms with Gasteiger partial charge in [-0.2, -0.15) is 0 Å². The van der Waals surface area contributed by atoms with Crippen LogP contribution in [-0.4, -0.2) is 17.0 Å². The number of oxime groups is 1. The minimum atomic E-state index is -0.606. The zero-order chi connectivity index (χ0) is 13.1. The number of amidine groups is 1. The predicted octanol–water partition coefficient (Wildman–Crippen LogP) is 1.66. The number of anilines is 1. The van der Waals surface area contributed by atoms with Crippen molar-refractivity contribution in [3.63, 3.8) is 0 Å². The van der Waals surface area contributed by atoms with Crippen LogP contribution in [-0.2, 0) is 4.79 Å². The van der Waals surface area contributed by atoms with E-state index in [4.69, 9.17) is 10.9 Å². The van der Waals surface area contributed by atoms with Crippen LogP contribution in [0.25, 0.3) is 0 Å². The van der Waals surface area contributed by atoms with E-state index >= 15 is 0 Å². The normalized spacial score (nSPS) is 15.5. The molecule has 1 aromatic rings. The first kappa shape index (κ1) is 12.3. The van der Waals surface area contributed by atoms with Crippen molar-refractivity contribution in [1.82, 2.24) is 0 Å². The molecule has 1 aliphatic carbocycles. The lowest BCUT2D eigenvalue weighted by atomic mass is 10.1. The van der Waals surface area contributed by atoms with E-state index in [1.165, 1.54) is 18.2 Å². The van der Waals surface area contributed by atoms with Gasteiger partial charge >= 0.3 is 0 Å². The zero-order valence-corrected chi connectivity index (χ0v) is 9.69. The molecule has 0 radical (unpaired) electrons. The number of hydrogen-bond acceptors (Lipinski definition) is 3. The number of halogens is 1. The second-order valence-electron chi connectivity index (χ2n) is 4.38. The van der Waals surface area contributed by atoms with Gasteiger partial charge in [0.1, 0.15) is 5.82 Å². The zero-order valence-electron chi connectivity index (χ0n) is 9.69. The summed E-state index contributed by atoms with van der Waals surface area (Å²) >= 11 is 0. The van der Waals surface area contributed by atoms with E-state index in [0.717, 1.165) is 12.8 Å². The van der Waals surface area contributed by atoms with Gasteiger partial charge in [-0.25, -0.2) is 4.39 Å². The van der Waals surface area contributed by atoms with Crippen molar-refractivity contribution in [2.75, 3.05) is 5.32 Å². The van der Waals surface area contributed by atoms with Crippen LogP contribution in [0.2, 0.25) is 0 Å². The Morgan fingerprint density at radius 3 is 2.89 bits per heavy atom. The van der Waals surface area contributed by atoms with Gasteiger partial charge in [0.25, 0.3) is 0 Å². The van der Waals surface area contributed by atoms with Gasteiger partial charge in [-0.15, -0.1) is 0 Å². The Labute approximate surface area is 103 Å². The largest absolute Gasteiger partial charge is 0.409 e. The van der Waals surface area contributed by atoms with E-state index in [9.17, 15) is 9.18 Å². The Morgan fingerprint density at radius 2 is 2.28 bits per heavy atom. The van der Waals surface area contributed by atoms with Crippen LogP contribution < -0.4 is 11.1 Å². The number of rotatable bonds is 4. The predicted molar refractivity (Wildman–Crippen MR) is 64.9 cm³/mol. The molecule has 0 spiro atoms. The maximum Gasteiger partial charge on any atom is 0.224 e. The summed E-state index contributed by atoms with van der Waals surface area (Å²) in [6, 6.07) is 3.95. The average molecular weight is 251 g/mol. The molecule has 0 aromatic heterocycles. The highest BCUT2D eigenvalue weighted by molar-refractivity contribution is 5.99. The van der Waals surface area contributed by atoms with Crippen molar-refractivity contribution >= 4 is 17.4 Å². The average Bonchev–Trinajstić information content (AvgIpc) is 3.14. The van der Waals surface area contributed by atoms with Crippen LogP contribution in [0.4, 0.5) is 10.1 Å². The van der Waals surface area contributed by atoms with Crippen molar-refractivity contribution in [3.8, 4) is 0 Å². The summed E-state index contributed by atoms with van der Waals surface area (Å²) in [5.41, 5.74) is 5.73. The minimum Gasteiger partial charge on any atom is -0.409 e. The van der Waals surface area contributed by atoms with Gasteiger partial charge in [-0.05, 0) is 37.0 Å². The molecule has 0 bridgehead atoms. The molecule has 6 heteroatoms. The van der Waals surface area contributed by atoms with Gasteiger partial charge < -0.3 is 16.3 Å². The number of nitrogens with zero attached hydrogens (tertiary/aromatic N) is 1. The Balaban J connectivity index is 2.10. The first-order valence-corrected chi connectivity index (χ1v) is 5.67. The smallest absolute Gasteiger partial charge is 0.224 e. The second kappa shape index (κ2) is 5.03. The third kappa shape index (κ3) is 2.97. The summed E-state index contributed by atoms with van der Waals surface area (Å²) < 4.78 is 13.4. The van der Waals surface area contributed by atoms with Gasteiger partial charge in [-0.3, -0.25) is 4.79 Å². The molecule has 1 amide bonds. The molecule has 1 fully saturated rings. The molecule has 18 heavy (non-hydrogen) atoms. The topological polar surface area (TPSA) is 87.7 Å². The third-order valence-corrected chi connectivity index (χ3v) is 2.80. The molecular weight excluding hydrogens is 237 g/mol. The molecular formula is C12H14FN3O2. The molecule has 1 saturated carbocycles. The van der Waals surface area contributed by atoms with Crippen LogP contribution in [0, 0.1) is 11.7 Å². The molecule has 0 atom stereocenters. The summed E-state index contributed by atoms with van der Waals surface area (Å²) in [4.78, 5) is 11.6. The highest BCUT2D eigenvalue weighted by atomic mass is 19.1. The van der Waals surface area contributed by atoms with Gasteiger partial charge in [0.15, 0.2) is 5.84 Å². The van der Waals surface area contributed by atoms with Crippen molar-refractivity contribution in [2.45, 2.75) is 19.3 Å². The highest BCUT2D eigenvalue weighted by Gasteiger charge is 2.24. The summed E-state index contributed by atoms with van der Waals surface area (Å²) in [6.45, 7) is 0. The second-order valence-corrected chi connectivity index (χ2v) is 4.38. The summed E-state index contributed by atoms with van der Waals surface area (Å²) in [6.07, 6.45) is 2.66. The highest BCUT2D eigenvalue weighted by Crippen LogP contribution is 2.32. The van der Waals surface area contributed by atoms with Crippen molar-refractivity contribution < 1.29 is 14.4 Å².